The van der Waals surface area contributed by atoms with Gasteiger partial charge in [-0.2, -0.15) is 0 Å². The molecule has 0 saturated heterocycles. The number of Topliss-reactive ketones (excluding diaryl/α,β-unsaturated/α-hetero) is 1. The molecule has 5 heteroatoms. The van der Waals surface area contributed by atoms with Crippen molar-refractivity contribution in [2.75, 3.05) is 13.7 Å². The van der Waals surface area contributed by atoms with Gasteiger partial charge < -0.3 is 14.8 Å². The van der Waals surface area contributed by atoms with Gasteiger partial charge in [0.15, 0.2) is 5.78 Å². The Labute approximate surface area is 189 Å². The Hall–Kier alpha value is -3.34. The van der Waals surface area contributed by atoms with Gasteiger partial charge in [-0.25, -0.2) is 4.79 Å². The van der Waals surface area contributed by atoms with Crippen LogP contribution in [0.4, 0.5) is 0 Å². The third-order valence-corrected chi connectivity index (χ3v) is 6.18. The van der Waals surface area contributed by atoms with E-state index >= 15 is 0 Å². The molecule has 0 saturated carbocycles. The van der Waals surface area contributed by atoms with Crippen LogP contribution in [-0.2, 0) is 14.3 Å². The predicted octanol–water partition coefficient (Wildman–Crippen LogP) is 5.01. The van der Waals surface area contributed by atoms with Crippen molar-refractivity contribution in [1.82, 2.24) is 5.32 Å². The molecule has 0 radical (unpaired) electrons. The van der Waals surface area contributed by atoms with Crippen LogP contribution < -0.4 is 10.1 Å². The van der Waals surface area contributed by atoms with E-state index < -0.39 is 5.92 Å². The molecular weight excluding hydrogens is 402 g/mol. The summed E-state index contributed by atoms with van der Waals surface area (Å²) in [6.07, 6.45) is 1.88. The molecule has 0 aromatic heterocycles. The minimum Gasteiger partial charge on any atom is -0.497 e. The number of benzene rings is 2. The second kappa shape index (κ2) is 9.43. The summed E-state index contributed by atoms with van der Waals surface area (Å²) in [5.74, 6) is 0.00711. The van der Waals surface area contributed by atoms with Crippen LogP contribution in [0.25, 0.3) is 0 Å². The molecule has 0 bridgehead atoms. The number of hydrogen-bond acceptors (Lipinski definition) is 5. The van der Waals surface area contributed by atoms with Gasteiger partial charge in [0, 0.05) is 29.3 Å². The summed E-state index contributed by atoms with van der Waals surface area (Å²) >= 11 is 0. The number of carbonyl (C=O) groups excluding carboxylic acids is 2. The number of ether oxygens (including phenoxy) is 2. The number of nitrogens with one attached hydrogen (secondary N) is 1. The van der Waals surface area contributed by atoms with Crippen molar-refractivity contribution in [2.24, 2.45) is 0 Å². The molecule has 0 spiro atoms. The van der Waals surface area contributed by atoms with Crippen LogP contribution in [0.5, 0.6) is 5.75 Å². The maximum Gasteiger partial charge on any atom is 0.336 e. The van der Waals surface area contributed by atoms with Gasteiger partial charge in [0.25, 0.3) is 0 Å². The lowest BCUT2D eigenvalue weighted by molar-refractivity contribution is -0.139. The van der Waals surface area contributed by atoms with Crippen molar-refractivity contribution < 1.29 is 19.1 Å². The predicted molar refractivity (Wildman–Crippen MR) is 123 cm³/mol. The van der Waals surface area contributed by atoms with Crippen molar-refractivity contribution in [1.29, 1.82) is 0 Å². The van der Waals surface area contributed by atoms with Gasteiger partial charge in [0.1, 0.15) is 5.75 Å². The minimum atomic E-state index is -0.477. The molecule has 2 aromatic rings. The number of rotatable bonds is 6. The van der Waals surface area contributed by atoms with E-state index in [4.69, 9.17) is 9.47 Å². The van der Waals surface area contributed by atoms with E-state index in [0.29, 0.717) is 29.9 Å². The van der Waals surface area contributed by atoms with E-state index in [1.807, 2.05) is 56.3 Å². The van der Waals surface area contributed by atoms with Crippen LogP contribution in [0.3, 0.4) is 0 Å². The highest BCUT2D eigenvalue weighted by atomic mass is 16.5. The Morgan fingerprint density at radius 3 is 2.53 bits per heavy atom. The summed E-state index contributed by atoms with van der Waals surface area (Å²) in [6, 6.07) is 17.7. The third-order valence-electron chi connectivity index (χ3n) is 6.18. The van der Waals surface area contributed by atoms with E-state index in [1.54, 1.807) is 7.11 Å². The summed E-state index contributed by atoms with van der Waals surface area (Å²) in [7, 11) is 1.61. The quantitative estimate of drug-likeness (QED) is 0.652. The van der Waals surface area contributed by atoms with Gasteiger partial charge in [0.05, 0.1) is 19.3 Å². The molecule has 2 aromatic carbocycles. The topological polar surface area (TPSA) is 64.6 Å². The van der Waals surface area contributed by atoms with Crippen LogP contribution in [0.1, 0.15) is 56.1 Å². The molecule has 4 rings (SSSR count). The van der Waals surface area contributed by atoms with Crippen LogP contribution in [0.2, 0.25) is 0 Å². The molecule has 1 heterocycles. The van der Waals surface area contributed by atoms with Crippen LogP contribution in [0, 0.1) is 0 Å². The van der Waals surface area contributed by atoms with E-state index in [9.17, 15) is 9.59 Å². The average molecular weight is 432 g/mol. The van der Waals surface area contributed by atoms with Crippen molar-refractivity contribution in [2.45, 2.75) is 44.9 Å². The maximum absolute atomic E-state index is 13.5. The van der Waals surface area contributed by atoms with Crippen LogP contribution >= 0.6 is 0 Å². The fourth-order valence-electron chi connectivity index (χ4n) is 4.70. The normalized spacial score (nSPS) is 20.5. The highest BCUT2D eigenvalue weighted by Crippen LogP contribution is 2.46. The van der Waals surface area contributed by atoms with E-state index in [2.05, 4.69) is 17.4 Å². The van der Waals surface area contributed by atoms with Crippen molar-refractivity contribution in [3.05, 3.63) is 88.3 Å². The number of esters is 1. The van der Waals surface area contributed by atoms with Crippen molar-refractivity contribution in [3.63, 3.8) is 0 Å². The first-order valence-electron chi connectivity index (χ1n) is 11.1. The summed E-state index contributed by atoms with van der Waals surface area (Å²) in [5.41, 5.74) is 4.80. The average Bonchev–Trinajstić information content (AvgIpc) is 2.82. The second-order valence-corrected chi connectivity index (χ2v) is 8.34. The number of methoxy groups -OCH3 is 1. The zero-order chi connectivity index (χ0) is 22.7. The van der Waals surface area contributed by atoms with Gasteiger partial charge >= 0.3 is 5.97 Å². The largest absolute Gasteiger partial charge is 0.497 e. The lowest BCUT2D eigenvalue weighted by Gasteiger charge is -2.36. The lowest BCUT2D eigenvalue weighted by Crippen LogP contribution is -2.36. The molecule has 0 fully saturated rings. The Bertz CT molecular complexity index is 1080. The summed E-state index contributed by atoms with van der Waals surface area (Å²) in [6.45, 7) is 4.19. The molecule has 166 valence electrons. The number of carbonyl (C=O) groups is 2. The van der Waals surface area contributed by atoms with E-state index in [0.717, 1.165) is 35.4 Å². The smallest absolute Gasteiger partial charge is 0.336 e. The Kier molecular flexibility index (Phi) is 6.45. The van der Waals surface area contributed by atoms with Gasteiger partial charge in [0.2, 0.25) is 0 Å². The highest BCUT2D eigenvalue weighted by Gasteiger charge is 2.41. The lowest BCUT2D eigenvalue weighted by atomic mass is 9.71. The zero-order valence-electron chi connectivity index (χ0n) is 18.8. The monoisotopic (exact) mass is 431 g/mol. The molecule has 2 aliphatic rings. The SMILES string of the molecule is CCCOC(=O)C1=C(C)NC2=C(C(=O)C[C@@H](c3ccccc3)C2)[C@@H]1c1cccc(OC)c1. The number of hydrogen-bond donors (Lipinski definition) is 1. The Balaban J connectivity index is 1.79. The standard InChI is InChI=1S/C27H29NO4/c1-4-13-32-27(30)24-17(2)28-22-15-20(18-9-6-5-7-10-18)16-23(29)26(22)25(24)19-11-8-12-21(14-19)31-3/h5-12,14,20,25,28H,4,13,15-16H2,1-3H3/t20-,25+/m0/s1. The Morgan fingerprint density at radius 1 is 1.06 bits per heavy atom. The molecule has 1 N–H and O–H groups in total. The molecule has 2 atom stereocenters. The molecule has 32 heavy (non-hydrogen) atoms. The fourth-order valence-corrected chi connectivity index (χ4v) is 4.70. The summed E-state index contributed by atoms with van der Waals surface area (Å²) < 4.78 is 10.9. The molecule has 5 nitrogen and oxygen atoms in total. The minimum absolute atomic E-state index is 0.0636. The van der Waals surface area contributed by atoms with Gasteiger partial charge in [-0.3, -0.25) is 4.79 Å². The molecular formula is C27H29NO4. The molecule has 0 amide bonds. The van der Waals surface area contributed by atoms with Crippen LogP contribution in [0.15, 0.2) is 77.1 Å². The van der Waals surface area contributed by atoms with Gasteiger partial charge in [-0.1, -0.05) is 49.4 Å². The second-order valence-electron chi connectivity index (χ2n) is 8.34. The first-order chi connectivity index (χ1) is 15.5. The fraction of sp³-hybridized carbons (Fsp3) is 0.333. The van der Waals surface area contributed by atoms with Crippen molar-refractivity contribution in [3.8, 4) is 5.75 Å². The molecule has 0 unspecified atom stereocenters. The molecule has 1 aliphatic heterocycles. The summed E-state index contributed by atoms with van der Waals surface area (Å²) in [5, 5.41) is 3.39. The third kappa shape index (κ3) is 4.20. The van der Waals surface area contributed by atoms with Gasteiger partial charge in [-0.05, 0) is 48.9 Å². The maximum atomic E-state index is 13.5. The first kappa shape index (κ1) is 21.9. The highest BCUT2D eigenvalue weighted by molar-refractivity contribution is 6.04. The number of allylic oxidation sites excluding steroid dienone is 3. The molecule has 1 aliphatic carbocycles. The van der Waals surface area contributed by atoms with E-state index in [1.165, 1.54) is 0 Å². The number of ketones is 1. The van der Waals surface area contributed by atoms with Crippen LogP contribution in [-0.4, -0.2) is 25.5 Å². The first-order valence-corrected chi connectivity index (χ1v) is 11.1. The summed E-state index contributed by atoms with van der Waals surface area (Å²) in [4.78, 5) is 26.6. The van der Waals surface area contributed by atoms with E-state index in [-0.39, 0.29) is 17.7 Å². The van der Waals surface area contributed by atoms with Crippen molar-refractivity contribution >= 4 is 11.8 Å². The van der Waals surface area contributed by atoms with Gasteiger partial charge in [-0.15, -0.1) is 0 Å². The zero-order valence-corrected chi connectivity index (χ0v) is 18.8. The number of dihydropyridines is 1. The Morgan fingerprint density at radius 2 is 1.81 bits per heavy atom.